The van der Waals surface area contributed by atoms with Crippen molar-refractivity contribution in [2.24, 2.45) is 7.05 Å². The molecule has 0 saturated heterocycles. The number of pyridine rings is 1. The zero-order valence-corrected chi connectivity index (χ0v) is 11.4. The Morgan fingerprint density at radius 1 is 1.21 bits per heavy atom. The molecule has 0 N–H and O–H groups in total. The van der Waals surface area contributed by atoms with Gasteiger partial charge in [-0.1, -0.05) is 23.8 Å². The van der Waals surface area contributed by atoms with Crippen molar-refractivity contribution >= 4 is 0 Å². The van der Waals surface area contributed by atoms with Crippen molar-refractivity contribution in [2.45, 2.75) is 20.3 Å². The Labute approximate surface area is 112 Å². The third-order valence-corrected chi connectivity index (χ3v) is 3.32. The molecule has 0 radical (unpaired) electrons. The minimum absolute atomic E-state index is 0.0973. The predicted octanol–water partition coefficient (Wildman–Crippen LogP) is 2.74. The van der Waals surface area contributed by atoms with E-state index in [1.165, 1.54) is 0 Å². The van der Waals surface area contributed by atoms with Crippen molar-refractivity contribution in [1.82, 2.24) is 4.57 Å². The van der Waals surface area contributed by atoms with E-state index in [4.69, 9.17) is 5.26 Å². The largest absolute Gasteiger partial charge is 0.311 e. The van der Waals surface area contributed by atoms with Crippen molar-refractivity contribution in [1.29, 1.82) is 5.26 Å². The van der Waals surface area contributed by atoms with Crippen LogP contribution >= 0.6 is 0 Å². The lowest BCUT2D eigenvalue weighted by atomic mass is 10.0. The summed E-state index contributed by atoms with van der Waals surface area (Å²) in [6.07, 6.45) is 0.153. The molecule has 96 valence electrons. The van der Waals surface area contributed by atoms with Gasteiger partial charge in [0.25, 0.3) is 5.56 Å². The average molecular weight is 252 g/mol. The molecule has 1 aromatic heterocycles. The highest BCUT2D eigenvalue weighted by molar-refractivity contribution is 5.65. The quantitative estimate of drug-likeness (QED) is 0.825. The van der Waals surface area contributed by atoms with Crippen LogP contribution in [0, 0.1) is 25.2 Å². The first kappa shape index (κ1) is 13.1. The highest BCUT2D eigenvalue weighted by Crippen LogP contribution is 2.23. The standard InChI is InChI=1S/C16H16N2O/c1-11-4-5-12(2)14(10-11)15-7-6-13(8-9-17)16(19)18(15)3/h4-7,10H,8H2,1-3H3. The molecule has 0 bridgehead atoms. The van der Waals surface area contributed by atoms with Gasteiger partial charge in [0.15, 0.2) is 0 Å². The molecule has 0 atom stereocenters. The fourth-order valence-corrected chi connectivity index (χ4v) is 2.19. The number of aryl methyl sites for hydroxylation is 2. The Bertz CT molecular complexity index is 721. The van der Waals surface area contributed by atoms with Gasteiger partial charge in [-0.15, -0.1) is 0 Å². The van der Waals surface area contributed by atoms with Crippen molar-refractivity contribution in [2.75, 3.05) is 0 Å². The number of nitriles is 1. The van der Waals surface area contributed by atoms with E-state index in [0.29, 0.717) is 5.56 Å². The summed E-state index contributed by atoms with van der Waals surface area (Å²) in [6.45, 7) is 4.06. The van der Waals surface area contributed by atoms with Crippen LogP contribution < -0.4 is 5.56 Å². The molecule has 0 saturated carbocycles. The van der Waals surface area contributed by atoms with Gasteiger partial charge in [0.1, 0.15) is 0 Å². The molecule has 1 aromatic carbocycles. The number of rotatable bonds is 2. The highest BCUT2D eigenvalue weighted by atomic mass is 16.1. The first-order valence-corrected chi connectivity index (χ1v) is 6.18. The first-order valence-electron chi connectivity index (χ1n) is 6.18. The maximum Gasteiger partial charge on any atom is 0.255 e. The molecule has 1 heterocycles. The van der Waals surface area contributed by atoms with E-state index < -0.39 is 0 Å². The zero-order chi connectivity index (χ0) is 14.0. The van der Waals surface area contributed by atoms with E-state index in [-0.39, 0.29) is 12.0 Å². The molecule has 19 heavy (non-hydrogen) atoms. The van der Waals surface area contributed by atoms with Gasteiger partial charge in [-0.3, -0.25) is 4.79 Å². The van der Waals surface area contributed by atoms with E-state index in [2.05, 4.69) is 18.2 Å². The van der Waals surface area contributed by atoms with E-state index in [0.717, 1.165) is 22.4 Å². The van der Waals surface area contributed by atoms with Crippen molar-refractivity contribution in [3.8, 4) is 17.3 Å². The SMILES string of the molecule is Cc1ccc(C)c(-c2ccc(CC#N)c(=O)n2C)c1. The summed E-state index contributed by atoms with van der Waals surface area (Å²) in [5.41, 5.74) is 4.68. The normalized spacial score (nSPS) is 10.2. The van der Waals surface area contributed by atoms with E-state index >= 15 is 0 Å². The third kappa shape index (κ3) is 2.43. The molecule has 0 aliphatic carbocycles. The van der Waals surface area contributed by atoms with Crippen LogP contribution in [-0.4, -0.2) is 4.57 Å². The van der Waals surface area contributed by atoms with Crippen LogP contribution in [0.3, 0.4) is 0 Å². The van der Waals surface area contributed by atoms with Gasteiger partial charge in [0.2, 0.25) is 0 Å². The van der Waals surface area contributed by atoms with Crippen LogP contribution in [0.2, 0.25) is 0 Å². The fraction of sp³-hybridized carbons (Fsp3) is 0.250. The maximum atomic E-state index is 12.2. The van der Waals surface area contributed by atoms with E-state index in [1.807, 2.05) is 26.0 Å². The van der Waals surface area contributed by atoms with Crippen molar-refractivity contribution < 1.29 is 0 Å². The summed E-state index contributed by atoms with van der Waals surface area (Å²) < 4.78 is 1.62. The van der Waals surface area contributed by atoms with Crippen LogP contribution in [0.1, 0.15) is 16.7 Å². The number of nitrogens with zero attached hydrogens (tertiary/aromatic N) is 2. The van der Waals surface area contributed by atoms with E-state index in [9.17, 15) is 4.79 Å². The highest BCUT2D eigenvalue weighted by Gasteiger charge is 2.09. The molecular weight excluding hydrogens is 236 g/mol. The second-order valence-electron chi connectivity index (χ2n) is 4.76. The molecule has 3 nitrogen and oxygen atoms in total. The van der Waals surface area contributed by atoms with Crippen LogP contribution in [0.4, 0.5) is 0 Å². The molecule has 2 rings (SSSR count). The minimum atomic E-state index is -0.0973. The predicted molar refractivity (Wildman–Crippen MR) is 75.9 cm³/mol. The molecule has 0 spiro atoms. The second-order valence-corrected chi connectivity index (χ2v) is 4.76. The minimum Gasteiger partial charge on any atom is -0.311 e. The van der Waals surface area contributed by atoms with Crippen molar-refractivity contribution in [3.05, 3.63) is 57.4 Å². The molecule has 3 heteroatoms. The summed E-state index contributed by atoms with van der Waals surface area (Å²) in [5.74, 6) is 0. The Morgan fingerprint density at radius 2 is 1.95 bits per heavy atom. The number of aromatic nitrogens is 1. The molecule has 0 fully saturated rings. The lowest BCUT2D eigenvalue weighted by Gasteiger charge is -2.12. The van der Waals surface area contributed by atoms with Gasteiger partial charge in [0, 0.05) is 18.2 Å². The number of benzene rings is 1. The summed E-state index contributed by atoms with van der Waals surface area (Å²) in [6, 6.07) is 11.9. The zero-order valence-electron chi connectivity index (χ0n) is 11.4. The third-order valence-electron chi connectivity index (χ3n) is 3.32. The Kier molecular flexibility index (Phi) is 3.52. The van der Waals surface area contributed by atoms with Crippen LogP contribution in [0.25, 0.3) is 11.3 Å². The summed E-state index contributed by atoms with van der Waals surface area (Å²) in [4.78, 5) is 12.2. The summed E-state index contributed by atoms with van der Waals surface area (Å²) >= 11 is 0. The number of hydrogen-bond donors (Lipinski definition) is 0. The van der Waals surface area contributed by atoms with Gasteiger partial charge in [0.05, 0.1) is 18.2 Å². The fourth-order valence-electron chi connectivity index (χ4n) is 2.19. The van der Waals surface area contributed by atoms with Gasteiger partial charge in [-0.05, 0) is 31.5 Å². The molecule has 0 aliphatic heterocycles. The van der Waals surface area contributed by atoms with Crippen LogP contribution in [0.15, 0.2) is 35.1 Å². The monoisotopic (exact) mass is 252 g/mol. The van der Waals surface area contributed by atoms with Gasteiger partial charge < -0.3 is 4.57 Å². The Hall–Kier alpha value is -2.34. The topological polar surface area (TPSA) is 45.8 Å². The first-order chi connectivity index (χ1) is 9.04. The van der Waals surface area contributed by atoms with Gasteiger partial charge >= 0.3 is 0 Å². The molecule has 0 aliphatic rings. The molecule has 0 unspecified atom stereocenters. The lowest BCUT2D eigenvalue weighted by molar-refractivity contribution is 0.851. The molecule has 0 amide bonds. The Morgan fingerprint density at radius 3 is 2.63 bits per heavy atom. The summed E-state index contributed by atoms with van der Waals surface area (Å²) in [5, 5.41) is 8.70. The average Bonchev–Trinajstić information content (AvgIpc) is 2.39. The van der Waals surface area contributed by atoms with Crippen LogP contribution in [-0.2, 0) is 13.5 Å². The smallest absolute Gasteiger partial charge is 0.255 e. The maximum absolute atomic E-state index is 12.2. The molecular formula is C16H16N2O. The van der Waals surface area contributed by atoms with Crippen molar-refractivity contribution in [3.63, 3.8) is 0 Å². The summed E-state index contributed by atoms with van der Waals surface area (Å²) in [7, 11) is 1.75. The van der Waals surface area contributed by atoms with Crippen LogP contribution in [0.5, 0.6) is 0 Å². The van der Waals surface area contributed by atoms with Gasteiger partial charge in [-0.25, -0.2) is 0 Å². The lowest BCUT2D eigenvalue weighted by Crippen LogP contribution is -2.22. The number of hydrogen-bond acceptors (Lipinski definition) is 2. The second kappa shape index (κ2) is 5.11. The molecule has 2 aromatic rings. The Balaban J connectivity index is 2.65. The van der Waals surface area contributed by atoms with E-state index in [1.54, 1.807) is 17.7 Å². The van der Waals surface area contributed by atoms with Gasteiger partial charge in [-0.2, -0.15) is 5.26 Å².